The van der Waals surface area contributed by atoms with Gasteiger partial charge in [0.25, 0.3) is 0 Å². The highest BCUT2D eigenvalue weighted by Crippen LogP contribution is 2.28. The maximum atomic E-state index is 11.6. The van der Waals surface area contributed by atoms with Crippen LogP contribution in [0, 0.1) is 0 Å². The second-order valence-electron chi connectivity index (χ2n) is 3.60. The number of carbonyl (C=O) groups is 1. The zero-order valence-electron chi connectivity index (χ0n) is 8.93. The summed E-state index contributed by atoms with van der Waals surface area (Å²) in [6.45, 7) is 0.0537. The molecule has 2 N–H and O–H groups in total. The van der Waals surface area contributed by atoms with Gasteiger partial charge in [-0.1, -0.05) is 0 Å². The number of rotatable bonds is 6. The highest BCUT2D eigenvalue weighted by molar-refractivity contribution is 7.99. The Kier molecular flexibility index (Phi) is 4.60. The molecule has 0 amide bonds. The number of methoxy groups -OCH3 is 1. The van der Waals surface area contributed by atoms with Crippen molar-refractivity contribution >= 4 is 27.8 Å². The Balaban J connectivity index is 2.72. The SMILES string of the molecule is COCCS(=O)(=O)NC1(C(=O)O)CCSC1. The van der Waals surface area contributed by atoms with E-state index in [9.17, 15) is 13.2 Å². The van der Waals surface area contributed by atoms with Crippen molar-refractivity contribution in [3.63, 3.8) is 0 Å². The molecule has 0 bridgehead atoms. The first kappa shape index (κ1) is 13.8. The van der Waals surface area contributed by atoms with Crippen molar-refractivity contribution in [1.82, 2.24) is 4.72 Å². The maximum absolute atomic E-state index is 11.6. The molecule has 1 fully saturated rings. The lowest BCUT2D eigenvalue weighted by atomic mass is 10.0. The van der Waals surface area contributed by atoms with Gasteiger partial charge in [0.1, 0.15) is 5.54 Å². The van der Waals surface area contributed by atoms with Crippen molar-refractivity contribution in [1.29, 1.82) is 0 Å². The van der Waals surface area contributed by atoms with Crippen LogP contribution < -0.4 is 4.72 Å². The van der Waals surface area contributed by atoms with E-state index in [-0.39, 0.29) is 18.1 Å². The molecule has 1 aliphatic heterocycles. The topological polar surface area (TPSA) is 92.7 Å². The molecule has 1 atom stereocenters. The van der Waals surface area contributed by atoms with Gasteiger partial charge >= 0.3 is 5.97 Å². The first-order valence-electron chi connectivity index (χ1n) is 4.74. The number of carboxylic acids is 1. The Labute approximate surface area is 98.8 Å². The predicted octanol–water partition coefficient (Wildman–Crippen LogP) is -0.487. The van der Waals surface area contributed by atoms with Gasteiger partial charge in [-0.2, -0.15) is 16.5 Å². The summed E-state index contributed by atoms with van der Waals surface area (Å²) in [5, 5.41) is 9.08. The quantitative estimate of drug-likeness (QED) is 0.676. The van der Waals surface area contributed by atoms with Gasteiger partial charge < -0.3 is 9.84 Å². The van der Waals surface area contributed by atoms with Crippen molar-refractivity contribution in [2.75, 3.05) is 31.0 Å². The van der Waals surface area contributed by atoms with Crippen LogP contribution in [-0.2, 0) is 19.6 Å². The van der Waals surface area contributed by atoms with Crippen LogP contribution >= 0.6 is 11.8 Å². The fourth-order valence-corrected chi connectivity index (χ4v) is 4.16. The van der Waals surface area contributed by atoms with Crippen LogP contribution in [0.5, 0.6) is 0 Å². The van der Waals surface area contributed by atoms with E-state index in [0.717, 1.165) is 0 Å². The van der Waals surface area contributed by atoms with E-state index in [2.05, 4.69) is 9.46 Å². The van der Waals surface area contributed by atoms with Gasteiger partial charge in [-0.3, -0.25) is 4.79 Å². The molecule has 0 aromatic carbocycles. The number of carboxylic acid groups (broad SMARTS) is 1. The molecule has 0 radical (unpaired) electrons. The summed E-state index contributed by atoms with van der Waals surface area (Å²) in [6, 6.07) is 0. The number of aliphatic carboxylic acids is 1. The van der Waals surface area contributed by atoms with Crippen LogP contribution in [0.2, 0.25) is 0 Å². The first-order valence-corrected chi connectivity index (χ1v) is 7.54. The summed E-state index contributed by atoms with van der Waals surface area (Å²) in [5.41, 5.74) is -1.34. The van der Waals surface area contributed by atoms with Crippen molar-refractivity contribution in [3.05, 3.63) is 0 Å². The Hall–Kier alpha value is -0.310. The summed E-state index contributed by atoms with van der Waals surface area (Å²) in [4.78, 5) is 11.1. The number of hydrogen-bond donors (Lipinski definition) is 2. The second kappa shape index (κ2) is 5.35. The maximum Gasteiger partial charge on any atom is 0.325 e. The number of sulfonamides is 1. The molecule has 1 rings (SSSR count). The zero-order chi connectivity index (χ0) is 12.2. The van der Waals surface area contributed by atoms with Crippen molar-refractivity contribution in [2.45, 2.75) is 12.0 Å². The third-order valence-electron chi connectivity index (χ3n) is 2.34. The molecule has 0 aromatic rings. The van der Waals surface area contributed by atoms with Crippen LogP contribution in [0.1, 0.15) is 6.42 Å². The monoisotopic (exact) mass is 269 g/mol. The minimum absolute atomic E-state index is 0.0537. The second-order valence-corrected chi connectivity index (χ2v) is 6.55. The lowest BCUT2D eigenvalue weighted by Gasteiger charge is -2.24. The van der Waals surface area contributed by atoms with Crippen LogP contribution in [-0.4, -0.2) is 56.0 Å². The third kappa shape index (κ3) is 3.34. The number of ether oxygens (including phenoxy) is 1. The molecule has 6 nitrogen and oxygen atoms in total. The Morgan fingerprint density at radius 1 is 1.62 bits per heavy atom. The summed E-state index contributed by atoms with van der Waals surface area (Å²) in [7, 11) is -2.20. The number of thioether (sulfide) groups is 1. The van der Waals surface area contributed by atoms with Gasteiger partial charge in [-0.15, -0.1) is 0 Å². The summed E-state index contributed by atoms with van der Waals surface area (Å²) in [5.74, 6) is -0.407. The van der Waals surface area contributed by atoms with Gasteiger partial charge in [0.15, 0.2) is 0 Å². The Bertz CT molecular complexity index is 347. The van der Waals surface area contributed by atoms with Gasteiger partial charge in [0.2, 0.25) is 10.0 Å². The molecule has 0 aromatic heterocycles. The fraction of sp³-hybridized carbons (Fsp3) is 0.875. The molecular weight excluding hydrogens is 254 g/mol. The highest BCUT2D eigenvalue weighted by atomic mass is 32.2. The summed E-state index contributed by atoms with van der Waals surface area (Å²) in [6.07, 6.45) is 0.319. The normalized spacial score (nSPS) is 25.8. The third-order valence-corrected chi connectivity index (χ3v) is 4.93. The Morgan fingerprint density at radius 3 is 2.75 bits per heavy atom. The number of nitrogens with one attached hydrogen (secondary N) is 1. The zero-order valence-corrected chi connectivity index (χ0v) is 10.6. The van der Waals surface area contributed by atoms with Crippen molar-refractivity contribution in [3.8, 4) is 0 Å². The van der Waals surface area contributed by atoms with E-state index in [1.54, 1.807) is 0 Å². The largest absolute Gasteiger partial charge is 0.480 e. The van der Waals surface area contributed by atoms with Crippen molar-refractivity contribution in [2.24, 2.45) is 0 Å². The molecule has 0 spiro atoms. The summed E-state index contributed by atoms with van der Waals surface area (Å²) >= 11 is 1.43. The van der Waals surface area contributed by atoms with Crippen LogP contribution in [0.15, 0.2) is 0 Å². The number of hydrogen-bond acceptors (Lipinski definition) is 5. The first-order chi connectivity index (χ1) is 7.42. The molecule has 1 heterocycles. The molecule has 16 heavy (non-hydrogen) atoms. The van der Waals surface area contributed by atoms with Crippen molar-refractivity contribution < 1.29 is 23.1 Å². The van der Waals surface area contributed by atoms with Gasteiger partial charge in [-0.25, -0.2) is 8.42 Å². The Morgan fingerprint density at radius 2 is 2.31 bits per heavy atom. The van der Waals surface area contributed by atoms with E-state index in [4.69, 9.17) is 5.11 Å². The van der Waals surface area contributed by atoms with Crippen LogP contribution in [0.25, 0.3) is 0 Å². The molecule has 1 aliphatic rings. The van der Waals surface area contributed by atoms with Gasteiger partial charge in [0, 0.05) is 12.9 Å². The standard InChI is InChI=1S/C8H15NO5S2/c1-14-3-5-16(12,13)9-8(7(10)11)2-4-15-6-8/h9H,2-6H2,1H3,(H,10,11). The predicted molar refractivity (Wildman–Crippen MR) is 61.1 cm³/mol. The van der Waals surface area contributed by atoms with Crippen LogP contribution in [0.3, 0.4) is 0 Å². The lowest BCUT2D eigenvalue weighted by molar-refractivity contribution is -0.142. The molecule has 8 heteroatoms. The molecule has 1 unspecified atom stereocenters. The lowest BCUT2D eigenvalue weighted by Crippen LogP contribution is -2.55. The molecule has 1 saturated heterocycles. The van der Waals surface area contributed by atoms with E-state index < -0.39 is 21.5 Å². The highest BCUT2D eigenvalue weighted by Gasteiger charge is 2.44. The molecular formula is C8H15NO5S2. The molecule has 94 valence electrons. The average molecular weight is 269 g/mol. The van der Waals surface area contributed by atoms with E-state index in [1.165, 1.54) is 18.9 Å². The molecule has 0 aliphatic carbocycles. The van der Waals surface area contributed by atoms with Gasteiger partial charge in [-0.05, 0) is 12.2 Å². The summed E-state index contributed by atoms with van der Waals surface area (Å²) < 4.78 is 30.1. The van der Waals surface area contributed by atoms with E-state index in [0.29, 0.717) is 12.2 Å². The fourth-order valence-electron chi connectivity index (χ4n) is 1.40. The molecule has 0 saturated carbocycles. The minimum Gasteiger partial charge on any atom is -0.480 e. The van der Waals surface area contributed by atoms with Crippen LogP contribution in [0.4, 0.5) is 0 Å². The van der Waals surface area contributed by atoms with E-state index in [1.807, 2.05) is 0 Å². The average Bonchev–Trinajstić information content (AvgIpc) is 2.64. The minimum atomic E-state index is -3.60. The van der Waals surface area contributed by atoms with E-state index >= 15 is 0 Å². The van der Waals surface area contributed by atoms with Gasteiger partial charge in [0.05, 0.1) is 12.4 Å². The smallest absolute Gasteiger partial charge is 0.325 e.